The molecule has 2 aromatic rings. The number of nitrogens with zero attached hydrogens (tertiary/aromatic N) is 2. The van der Waals surface area contributed by atoms with Crippen molar-refractivity contribution in [2.45, 2.75) is 81.1 Å². The summed E-state index contributed by atoms with van der Waals surface area (Å²) in [5, 5.41) is 0. The van der Waals surface area contributed by atoms with E-state index in [1.165, 1.54) is 52.0 Å². The van der Waals surface area contributed by atoms with Gasteiger partial charge in [-0.1, -0.05) is 27.7 Å². The third kappa shape index (κ3) is 4.50. The number of rotatable bonds is 6. The van der Waals surface area contributed by atoms with Crippen LogP contribution in [-0.2, 0) is 6.42 Å². The molecule has 0 spiro atoms. The van der Waals surface area contributed by atoms with Crippen molar-refractivity contribution in [2.24, 2.45) is 5.41 Å². The van der Waals surface area contributed by atoms with E-state index < -0.39 is 0 Å². The van der Waals surface area contributed by atoms with Crippen LogP contribution >= 0.6 is 0 Å². The number of benzene rings is 1. The molecule has 0 unspecified atom stereocenters. The summed E-state index contributed by atoms with van der Waals surface area (Å²) in [4.78, 5) is 7.61. The molecule has 0 N–H and O–H groups in total. The minimum atomic E-state index is 0.436. The molecule has 1 aliphatic rings. The molecule has 0 bridgehead atoms. The summed E-state index contributed by atoms with van der Waals surface area (Å²) in [6.07, 6.45) is 4.50. The van der Waals surface area contributed by atoms with Crippen LogP contribution in [0.15, 0.2) is 12.1 Å². The molecule has 1 aliphatic heterocycles. The fraction of sp³-hybridized carbons (Fsp3) is 0.593. The summed E-state index contributed by atoms with van der Waals surface area (Å²) < 4.78 is 6.05. The average molecular weight is 409 g/mol. The summed E-state index contributed by atoms with van der Waals surface area (Å²) in [6.45, 7) is 20.9. The molecule has 1 fully saturated rings. The van der Waals surface area contributed by atoms with Crippen molar-refractivity contribution in [3.63, 3.8) is 0 Å². The highest BCUT2D eigenvalue weighted by atomic mass is 16.5. The van der Waals surface area contributed by atoms with Crippen LogP contribution in [-0.4, -0.2) is 24.7 Å². The van der Waals surface area contributed by atoms with Gasteiger partial charge in [0.25, 0.3) is 0 Å². The molecule has 3 heteroatoms. The lowest BCUT2D eigenvalue weighted by atomic mass is 9.82. The quantitative estimate of drug-likeness (QED) is 0.516. The zero-order chi connectivity index (χ0) is 22.1. The fourth-order valence-electron chi connectivity index (χ4n) is 4.85. The molecule has 1 saturated heterocycles. The summed E-state index contributed by atoms with van der Waals surface area (Å²) >= 11 is 0. The Morgan fingerprint density at radius 1 is 0.967 bits per heavy atom. The topological polar surface area (TPSA) is 25.4 Å². The monoisotopic (exact) mass is 408 g/mol. The third-order valence-corrected chi connectivity index (χ3v) is 6.64. The van der Waals surface area contributed by atoms with Crippen LogP contribution in [0.5, 0.6) is 5.75 Å². The van der Waals surface area contributed by atoms with Gasteiger partial charge in [-0.2, -0.15) is 0 Å². The number of piperidine rings is 1. The second-order valence-electron chi connectivity index (χ2n) is 9.78. The van der Waals surface area contributed by atoms with Gasteiger partial charge in [0.1, 0.15) is 5.75 Å². The smallest absolute Gasteiger partial charge is 0.125 e. The fourth-order valence-corrected chi connectivity index (χ4v) is 4.85. The average Bonchev–Trinajstić information content (AvgIpc) is 2.67. The molecule has 1 aromatic heterocycles. The van der Waals surface area contributed by atoms with Gasteiger partial charge >= 0.3 is 0 Å². The van der Waals surface area contributed by atoms with Gasteiger partial charge in [0.2, 0.25) is 0 Å². The zero-order valence-corrected chi connectivity index (χ0v) is 20.4. The molecular weight excluding hydrogens is 368 g/mol. The first-order valence-corrected chi connectivity index (χ1v) is 11.7. The summed E-state index contributed by atoms with van der Waals surface area (Å²) in [5.74, 6) is 1.04. The van der Waals surface area contributed by atoms with Crippen LogP contribution in [0.25, 0.3) is 11.1 Å². The van der Waals surface area contributed by atoms with E-state index in [2.05, 4.69) is 72.4 Å². The van der Waals surface area contributed by atoms with E-state index in [-0.39, 0.29) is 0 Å². The van der Waals surface area contributed by atoms with Crippen molar-refractivity contribution in [1.82, 2.24) is 4.98 Å². The molecule has 0 radical (unpaired) electrons. The van der Waals surface area contributed by atoms with E-state index in [1.807, 2.05) is 0 Å². The molecule has 2 heterocycles. The second-order valence-corrected chi connectivity index (χ2v) is 9.78. The second kappa shape index (κ2) is 8.99. The normalized spacial score (nSPS) is 16.1. The molecule has 30 heavy (non-hydrogen) atoms. The van der Waals surface area contributed by atoms with Crippen LogP contribution in [0.3, 0.4) is 0 Å². The van der Waals surface area contributed by atoms with E-state index in [0.717, 1.165) is 44.0 Å². The van der Waals surface area contributed by atoms with Crippen molar-refractivity contribution in [1.29, 1.82) is 0 Å². The Balaban J connectivity index is 2.15. The van der Waals surface area contributed by atoms with Gasteiger partial charge in [-0.15, -0.1) is 0 Å². The number of pyridine rings is 1. The van der Waals surface area contributed by atoms with E-state index in [4.69, 9.17) is 9.72 Å². The molecule has 3 nitrogen and oxygen atoms in total. The Morgan fingerprint density at radius 2 is 1.57 bits per heavy atom. The molecule has 3 rings (SSSR count). The maximum Gasteiger partial charge on any atom is 0.125 e. The minimum absolute atomic E-state index is 0.436. The van der Waals surface area contributed by atoms with Crippen LogP contribution in [0, 0.1) is 33.1 Å². The first-order valence-electron chi connectivity index (χ1n) is 11.7. The molecular formula is C27H40N2O. The first-order chi connectivity index (χ1) is 14.2. The standard InChI is InChI=1S/C27H40N2O/c1-9-15-30-26-18(3)16-22(17-19(26)4)24-21(6)28-20(5)23(10-2)25(24)29-13-11-27(7,8)12-14-29/h16-17H,9-15H2,1-8H3. The van der Waals surface area contributed by atoms with Crippen molar-refractivity contribution < 1.29 is 4.74 Å². The van der Waals surface area contributed by atoms with E-state index in [1.54, 1.807) is 0 Å². The zero-order valence-electron chi connectivity index (χ0n) is 20.4. The van der Waals surface area contributed by atoms with Crippen LogP contribution in [0.4, 0.5) is 5.69 Å². The molecule has 0 aliphatic carbocycles. The van der Waals surface area contributed by atoms with Crippen LogP contribution in [0.2, 0.25) is 0 Å². The number of anilines is 1. The highest BCUT2D eigenvalue weighted by Gasteiger charge is 2.29. The summed E-state index contributed by atoms with van der Waals surface area (Å²) in [5.41, 5.74) is 10.6. The Hall–Kier alpha value is -2.03. The Bertz CT molecular complexity index is 881. The van der Waals surface area contributed by atoms with E-state index >= 15 is 0 Å². The van der Waals surface area contributed by atoms with Crippen molar-refractivity contribution in [3.05, 3.63) is 40.2 Å². The Morgan fingerprint density at radius 3 is 2.10 bits per heavy atom. The van der Waals surface area contributed by atoms with Crippen LogP contribution < -0.4 is 9.64 Å². The molecule has 1 aromatic carbocycles. The number of hydrogen-bond acceptors (Lipinski definition) is 3. The van der Waals surface area contributed by atoms with E-state index in [9.17, 15) is 0 Å². The number of hydrogen-bond donors (Lipinski definition) is 0. The van der Waals surface area contributed by atoms with Crippen molar-refractivity contribution in [2.75, 3.05) is 24.6 Å². The maximum atomic E-state index is 6.05. The lowest BCUT2D eigenvalue weighted by molar-refractivity contribution is 0.279. The van der Waals surface area contributed by atoms with Crippen molar-refractivity contribution in [3.8, 4) is 16.9 Å². The predicted molar refractivity (Wildman–Crippen MR) is 129 cm³/mol. The molecule has 164 valence electrons. The summed E-state index contributed by atoms with van der Waals surface area (Å²) in [6, 6.07) is 4.60. The lowest BCUT2D eigenvalue weighted by Crippen LogP contribution is -2.38. The maximum absolute atomic E-state index is 6.05. The van der Waals surface area contributed by atoms with Crippen molar-refractivity contribution >= 4 is 5.69 Å². The molecule has 0 atom stereocenters. The highest BCUT2D eigenvalue weighted by Crippen LogP contribution is 2.42. The van der Waals surface area contributed by atoms with Crippen LogP contribution in [0.1, 0.15) is 75.0 Å². The largest absolute Gasteiger partial charge is 0.493 e. The van der Waals surface area contributed by atoms with E-state index in [0.29, 0.717) is 5.41 Å². The first kappa shape index (κ1) is 22.7. The number of aromatic nitrogens is 1. The SMILES string of the molecule is CCCOc1c(C)cc(-c2c(C)nc(C)c(CC)c2N2CCC(C)(C)CC2)cc1C. The van der Waals surface area contributed by atoms with Gasteiger partial charge in [0, 0.05) is 30.0 Å². The predicted octanol–water partition coefficient (Wildman–Crippen LogP) is 6.96. The van der Waals surface area contributed by atoms with Gasteiger partial charge in [-0.3, -0.25) is 4.98 Å². The molecule has 0 saturated carbocycles. The van der Waals surface area contributed by atoms with Gasteiger partial charge in [-0.25, -0.2) is 0 Å². The van der Waals surface area contributed by atoms with Gasteiger partial charge < -0.3 is 9.64 Å². The summed E-state index contributed by atoms with van der Waals surface area (Å²) in [7, 11) is 0. The Labute approximate surface area is 183 Å². The highest BCUT2D eigenvalue weighted by molar-refractivity contribution is 5.84. The third-order valence-electron chi connectivity index (χ3n) is 6.64. The van der Waals surface area contributed by atoms with Gasteiger partial charge in [-0.05, 0) is 93.2 Å². The van der Waals surface area contributed by atoms with Gasteiger partial charge in [0.15, 0.2) is 0 Å². The Kier molecular flexibility index (Phi) is 6.79. The number of aryl methyl sites for hydroxylation is 4. The number of ether oxygens (including phenoxy) is 1. The minimum Gasteiger partial charge on any atom is -0.493 e. The molecule has 0 amide bonds. The van der Waals surface area contributed by atoms with Gasteiger partial charge in [0.05, 0.1) is 12.3 Å². The lowest BCUT2D eigenvalue weighted by Gasteiger charge is -2.40.